The Balaban J connectivity index is 1.97. The topological polar surface area (TPSA) is 64.6 Å². The number of carbonyl (C=O) groups is 2. The second kappa shape index (κ2) is 6.60. The normalized spacial score (nSPS) is 23.0. The van der Waals surface area contributed by atoms with Gasteiger partial charge in [-0.15, -0.1) is 0 Å². The summed E-state index contributed by atoms with van der Waals surface area (Å²) in [6, 6.07) is 9.48. The summed E-state index contributed by atoms with van der Waals surface area (Å²) >= 11 is 0. The molecule has 1 saturated carbocycles. The molecule has 5 heteroatoms. The van der Waals surface area contributed by atoms with Crippen molar-refractivity contribution in [2.24, 2.45) is 5.92 Å². The Bertz CT molecular complexity index is 564. The molecule has 0 aliphatic heterocycles. The molecule has 0 aromatic heterocycles. The van der Waals surface area contributed by atoms with Gasteiger partial charge >= 0.3 is 12.1 Å². The van der Waals surface area contributed by atoms with Crippen LogP contribution >= 0.6 is 0 Å². The van der Waals surface area contributed by atoms with Crippen LogP contribution in [0.15, 0.2) is 30.3 Å². The lowest BCUT2D eigenvalue weighted by molar-refractivity contribution is -0.149. The number of esters is 1. The number of carbonyl (C=O) groups excluding carboxylic acids is 2. The molecule has 126 valence electrons. The molecular formula is C18H25NO4. The first-order valence-electron chi connectivity index (χ1n) is 7.99. The fourth-order valence-electron chi connectivity index (χ4n) is 2.61. The third-order valence-electron chi connectivity index (χ3n) is 3.90. The number of amides is 1. The second-order valence-electron chi connectivity index (χ2n) is 6.97. The first-order valence-corrected chi connectivity index (χ1v) is 7.99. The predicted octanol–water partition coefficient (Wildman–Crippen LogP) is 3.42. The zero-order valence-corrected chi connectivity index (χ0v) is 14.2. The summed E-state index contributed by atoms with van der Waals surface area (Å²) in [6.45, 7) is 7.56. The van der Waals surface area contributed by atoms with E-state index in [2.05, 4.69) is 5.32 Å². The molecule has 5 nitrogen and oxygen atoms in total. The first kappa shape index (κ1) is 17.3. The van der Waals surface area contributed by atoms with Crippen LogP contribution in [0.3, 0.4) is 0 Å². The Morgan fingerprint density at radius 3 is 2.43 bits per heavy atom. The summed E-state index contributed by atoms with van der Waals surface area (Å²) in [5, 5.41) is 2.73. The largest absolute Gasteiger partial charge is 0.459 e. The standard InChI is InChI=1S/C18H25NO4/c1-5-14-11-18(14,19-16(21)23-17(2,3)4)15(20)22-12-13-9-7-6-8-10-13/h6-10,14H,5,11-12H2,1-4H3,(H,19,21)/t14-,18-/m1/s1. The lowest BCUT2D eigenvalue weighted by Gasteiger charge is -2.23. The molecule has 1 aromatic carbocycles. The van der Waals surface area contributed by atoms with Crippen LogP contribution in [-0.4, -0.2) is 23.2 Å². The Hall–Kier alpha value is -2.04. The number of benzene rings is 1. The van der Waals surface area contributed by atoms with Crippen molar-refractivity contribution in [1.29, 1.82) is 0 Å². The molecule has 1 fully saturated rings. The van der Waals surface area contributed by atoms with E-state index in [9.17, 15) is 9.59 Å². The van der Waals surface area contributed by atoms with Crippen LogP contribution < -0.4 is 5.32 Å². The van der Waals surface area contributed by atoms with Gasteiger partial charge in [-0.25, -0.2) is 9.59 Å². The molecule has 2 atom stereocenters. The number of ether oxygens (including phenoxy) is 2. The van der Waals surface area contributed by atoms with Gasteiger partial charge in [-0.3, -0.25) is 0 Å². The minimum Gasteiger partial charge on any atom is -0.459 e. The predicted molar refractivity (Wildman–Crippen MR) is 86.7 cm³/mol. The molecular weight excluding hydrogens is 294 g/mol. The van der Waals surface area contributed by atoms with E-state index >= 15 is 0 Å². The van der Waals surface area contributed by atoms with E-state index in [0.29, 0.717) is 6.42 Å². The molecule has 0 bridgehead atoms. The maximum absolute atomic E-state index is 12.5. The molecule has 1 aliphatic rings. The van der Waals surface area contributed by atoms with Crippen LogP contribution in [0.5, 0.6) is 0 Å². The van der Waals surface area contributed by atoms with Gasteiger partial charge in [0.05, 0.1) is 0 Å². The number of hydrogen-bond acceptors (Lipinski definition) is 4. The van der Waals surface area contributed by atoms with E-state index in [1.807, 2.05) is 37.3 Å². The summed E-state index contributed by atoms with van der Waals surface area (Å²) in [6.07, 6.45) is 0.817. The fourth-order valence-corrected chi connectivity index (χ4v) is 2.61. The van der Waals surface area contributed by atoms with Gasteiger partial charge < -0.3 is 14.8 Å². The number of rotatable bonds is 5. The van der Waals surface area contributed by atoms with Crippen molar-refractivity contribution in [3.05, 3.63) is 35.9 Å². The highest BCUT2D eigenvalue weighted by atomic mass is 16.6. The number of alkyl carbamates (subject to hydrolysis) is 1. The molecule has 0 saturated heterocycles. The van der Waals surface area contributed by atoms with Gasteiger partial charge in [-0.05, 0) is 38.7 Å². The number of hydrogen-bond donors (Lipinski definition) is 1. The lowest BCUT2D eigenvalue weighted by Crippen LogP contribution is -2.47. The monoisotopic (exact) mass is 319 g/mol. The van der Waals surface area contributed by atoms with Crippen LogP contribution in [-0.2, 0) is 20.9 Å². The Morgan fingerprint density at radius 2 is 1.91 bits per heavy atom. The van der Waals surface area contributed by atoms with Crippen molar-refractivity contribution < 1.29 is 19.1 Å². The highest BCUT2D eigenvalue weighted by Gasteiger charge is 2.62. The van der Waals surface area contributed by atoms with Crippen molar-refractivity contribution in [2.75, 3.05) is 0 Å². The number of nitrogens with one attached hydrogen (secondary N) is 1. The average Bonchev–Trinajstić information content (AvgIpc) is 3.18. The Labute approximate surface area is 137 Å². The molecule has 23 heavy (non-hydrogen) atoms. The van der Waals surface area contributed by atoms with Gasteiger partial charge in [0.1, 0.15) is 17.7 Å². The van der Waals surface area contributed by atoms with Crippen LogP contribution in [0.25, 0.3) is 0 Å². The van der Waals surface area contributed by atoms with Gasteiger partial charge in [-0.1, -0.05) is 43.7 Å². The van der Waals surface area contributed by atoms with Crippen molar-refractivity contribution in [2.45, 2.75) is 58.3 Å². The van der Waals surface area contributed by atoms with E-state index in [4.69, 9.17) is 9.47 Å². The van der Waals surface area contributed by atoms with E-state index in [1.165, 1.54) is 0 Å². The highest BCUT2D eigenvalue weighted by Crippen LogP contribution is 2.47. The van der Waals surface area contributed by atoms with Gasteiger partial charge in [0.25, 0.3) is 0 Å². The van der Waals surface area contributed by atoms with Gasteiger partial charge in [-0.2, -0.15) is 0 Å². The SMILES string of the molecule is CC[C@@H]1C[C@]1(NC(=O)OC(C)(C)C)C(=O)OCc1ccccc1. The molecule has 1 aromatic rings. The van der Waals surface area contributed by atoms with Gasteiger partial charge in [0.15, 0.2) is 0 Å². The maximum Gasteiger partial charge on any atom is 0.408 e. The summed E-state index contributed by atoms with van der Waals surface area (Å²) in [4.78, 5) is 24.5. The van der Waals surface area contributed by atoms with E-state index in [0.717, 1.165) is 12.0 Å². The van der Waals surface area contributed by atoms with Crippen LogP contribution in [0.2, 0.25) is 0 Å². The third-order valence-corrected chi connectivity index (χ3v) is 3.90. The summed E-state index contributed by atoms with van der Waals surface area (Å²) in [5.41, 5.74) is -0.622. The second-order valence-corrected chi connectivity index (χ2v) is 6.97. The smallest absolute Gasteiger partial charge is 0.408 e. The quantitative estimate of drug-likeness (QED) is 0.845. The van der Waals surface area contributed by atoms with E-state index in [-0.39, 0.29) is 18.5 Å². The Morgan fingerprint density at radius 1 is 1.26 bits per heavy atom. The van der Waals surface area contributed by atoms with E-state index < -0.39 is 17.2 Å². The zero-order chi connectivity index (χ0) is 17.1. The van der Waals surface area contributed by atoms with Crippen LogP contribution in [0.4, 0.5) is 4.79 Å². The van der Waals surface area contributed by atoms with E-state index in [1.54, 1.807) is 20.8 Å². The molecule has 1 N–H and O–H groups in total. The third kappa shape index (κ3) is 4.47. The average molecular weight is 319 g/mol. The van der Waals surface area contributed by atoms with Gasteiger partial charge in [0, 0.05) is 0 Å². The maximum atomic E-state index is 12.5. The molecule has 1 aliphatic carbocycles. The van der Waals surface area contributed by atoms with Crippen molar-refractivity contribution >= 4 is 12.1 Å². The fraction of sp³-hybridized carbons (Fsp3) is 0.556. The molecule has 2 rings (SSSR count). The first-order chi connectivity index (χ1) is 10.8. The molecule has 0 radical (unpaired) electrons. The van der Waals surface area contributed by atoms with Crippen LogP contribution in [0, 0.1) is 5.92 Å². The molecule has 0 heterocycles. The minimum atomic E-state index is -0.939. The summed E-state index contributed by atoms with van der Waals surface area (Å²) < 4.78 is 10.7. The molecule has 0 spiro atoms. The zero-order valence-electron chi connectivity index (χ0n) is 14.2. The lowest BCUT2D eigenvalue weighted by atomic mass is 10.1. The Kier molecular flexibility index (Phi) is 4.97. The highest BCUT2D eigenvalue weighted by molar-refractivity contribution is 5.89. The summed E-state index contributed by atoms with van der Waals surface area (Å²) in [5.74, 6) is -0.294. The van der Waals surface area contributed by atoms with Crippen molar-refractivity contribution in [3.8, 4) is 0 Å². The molecule has 0 unspecified atom stereocenters. The summed E-state index contributed by atoms with van der Waals surface area (Å²) in [7, 11) is 0. The van der Waals surface area contributed by atoms with Gasteiger partial charge in [0.2, 0.25) is 0 Å². The van der Waals surface area contributed by atoms with Crippen LogP contribution in [0.1, 0.15) is 46.1 Å². The van der Waals surface area contributed by atoms with Crippen molar-refractivity contribution in [3.63, 3.8) is 0 Å². The minimum absolute atomic E-state index is 0.0956. The van der Waals surface area contributed by atoms with Crippen molar-refractivity contribution in [1.82, 2.24) is 5.32 Å². The molecule has 1 amide bonds.